The van der Waals surface area contributed by atoms with E-state index in [0.717, 1.165) is 12.8 Å². The zero-order valence-corrected chi connectivity index (χ0v) is 23.7. The van der Waals surface area contributed by atoms with Crippen LogP contribution in [-0.4, -0.2) is 46.8 Å². The summed E-state index contributed by atoms with van der Waals surface area (Å²) in [4.78, 5) is 16.9. The first-order chi connectivity index (χ1) is 20.3. The van der Waals surface area contributed by atoms with Crippen LogP contribution in [0.5, 0.6) is 0 Å². The van der Waals surface area contributed by atoms with Crippen molar-refractivity contribution in [3.63, 3.8) is 0 Å². The van der Waals surface area contributed by atoms with Gasteiger partial charge in [-0.2, -0.15) is 0 Å². The second-order valence-electron chi connectivity index (χ2n) is 10.4. The number of halogens is 2. The topological polar surface area (TPSA) is 107 Å². The zero-order valence-electron chi connectivity index (χ0n) is 22.9. The first kappa shape index (κ1) is 28.0. The number of pyridine rings is 2. The van der Waals surface area contributed by atoms with Crippen molar-refractivity contribution in [2.24, 2.45) is 0 Å². The zero-order chi connectivity index (χ0) is 29.4. The van der Waals surface area contributed by atoms with Gasteiger partial charge in [-0.3, -0.25) is 8.87 Å². The number of fused-ring (bicyclic) bond motifs is 1. The Bertz CT molecular complexity index is 1780. The Labute approximate surface area is 242 Å². The molecule has 1 saturated carbocycles. The summed E-state index contributed by atoms with van der Waals surface area (Å²) in [6.45, 7) is 7.74. The van der Waals surface area contributed by atoms with Crippen LogP contribution in [0.4, 0.5) is 31.7 Å². The van der Waals surface area contributed by atoms with Crippen LogP contribution >= 0.6 is 0 Å². The van der Waals surface area contributed by atoms with E-state index in [0.29, 0.717) is 54.3 Å². The van der Waals surface area contributed by atoms with Gasteiger partial charge >= 0.3 is 0 Å². The Morgan fingerprint density at radius 2 is 1.88 bits per heavy atom. The highest BCUT2D eigenvalue weighted by Crippen LogP contribution is 2.39. The number of hydrogen-bond acceptors (Lipinski definition) is 7. The molecule has 1 N–H and O–H groups in total. The molecule has 10 nitrogen and oxygen atoms in total. The van der Waals surface area contributed by atoms with E-state index in [9.17, 15) is 17.2 Å². The summed E-state index contributed by atoms with van der Waals surface area (Å²) in [5.41, 5.74) is 2.82. The predicted octanol–water partition coefficient (Wildman–Crippen LogP) is 6.28. The summed E-state index contributed by atoms with van der Waals surface area (Å²) in [5.74, 6) is -0.208. The molecule has 2 fully saturated rings. The van der Waals surface area contributed by atoms with Crippen molar-refractivity contribution in [1.82, 2.24) is 19.5 Å². The molecule has 1 aromatic carbocycles. The van der Waals surface area contributed by atoms with Crippen LogP contribution in [0.3, 0.4) is 0 Å². The Hall–Kier alpha value is -4.15. The van der Waals surface area contributed by atoms with Gasteiger partial charge in [0.05, 0.1) is 34.4 Å². The maximum Gasteiger partial charge on any atom is 0.295 e. The minimum atomic E-state index is -3.55. The van der Waals surface area contributed by atoms with Gasteiger partial charge in [0.1, 0.15) is 17.4 Å². The number of ether oxygens (including phenoxy) is 1. The first-order valence-corrected chi connectivity index (χ1v) is 15.2. The normalized spacial score (nSPS) is 17.4. The minimum Gasteiger partial charge on any atom is -0.361 e. The molecule has 6 rings (SSSR count). The molecule has 1 unspecified atom stereocenters. The Morgan fingerprint density at radius 3 is 2.60 bits per heavy atom. The molecule has 0 radical (unpaired) electrons. The lowest BCUT2D eigenvalue weighted by atomic mass is 10.1. The van der Waals surface area contributed by atoms with E-state index in [2.05, 4.69) is 20.1 Å². The molecule has 13 heteroatoms. The summed E-state index contributed by atoms with van der Waals surface area (Å²) >= 11 is 0. The van der Waals surface area contributed by atoms with Crippen LogP contribution in [0.15, 0.2) is 48.5 Å². The fourth-order valence-electron chi connectivity index (χ4n) is 5.22. The maximum atomic E-state index is 14.4. The number of benzene rings is 1. The summed E-state index contributed by atoms with van der Waals surface area (Å²) < 4.78 is 63.5. The molecular weight excluding hydrogens is 564 g/mol. The molecule has 0 bridgehead atoms. The average Bonchev–Trinajstić information content (AvgIpc) is 3.79. The molecule has 1 saturated heterocycles. The van der Waals surface area contributed by atoms with Crippen LogP contribution in [0.25, 0.3) is 16.0 Å². The van der Waals surface area contributed by atoms with Crippen molar-refractivity contribution in [2.45, 2.75) is 56.4 Å². The van der Waals surface area contributed by atoms with Crippen molar-refractivity contribution < 1.29 is 21.9 Å². The number of hydrogen-bond donors (Lipinski definition) is 1. The van der Waals surface area contributed by atoms with Crippen LogP contribution in [0, 0.1) is 6.57 Å². The van der Waals surface area contributed by atoms with Crippen LogP contribution < -0.4 is 9.62 Å². The summed E-state index contributed by atoms with van der Waals surface area (Å²) in [7, 11) is -2.03. The van der Waals surface area contributed by atoms with E-state index in [1.54, 1.807) is 48.5 Å². The molecule has 218 valence electrons. The molecule has 4 heterocycles. The number of nitrogens with zero attached hydrogens (tertiary/aromatic N) is 6. The highest BCUT2D eigenvalue weighted by Gasteiger charge is 2.39. The summed E-state index contributed by atoms with van der Waals surface area (Å²) in [6, 6.07) is 13.7. The van der Waals surface area contributed by atoms with Crippen LogP contribution in [-0.2, 0) is 21.2 Å². The highest BCUT2D eigenvalue weighted by molar-refractivity contribution is 7.93. The number of alkyl halides is 2. The van der Waals surface area contributed by atoms with E-state index in [4.69, 9.17) is 16.3 Å². The largest absolute Gasteiger partial charge is 0.361 e. The Morgan fingerprint density at radius 1 is 1.07 bits per heavy atom. The lowest BCUT2D eigenvalue weighted by Gasteiger charge is -2.25. The SMILES string of the molecule is [C-]#[N+]c1cccc(Cc2cc(Nc3ccccc3N(C)S(=O)(=O)C3CC3)c3nc(C(F)F)n(C4CCCCO4)c3n2)n1. The molecule has 0 amide bonds. The molecule has 4 aromatic rings. The van der Waals surface area contributed by atoms with Crippen molar-refractivity contribution >= 4 is 44.1 Å². The van der Waals surface area contributed by atoms with Crippen molar-refractivity contribution in [1.29, 1.82) is 0 Å². The predicted molar refractivity (Wildman–Crippen MR) is 155 cm³/mol. The van der Waals surface area contributed by atoms with Gasteiger partial charge < -0.3 is 14.9 Å². The van der Waals surface area contributed by atoms with Crippen molar-refractivity contribution in [3.05, 3.63) is 77.2 Å². The molecule has 42 heavy (non-hydrogen) atoms. The fourth-order valence-corrected chi connectivity index (χ4v) is 6.83. The van der Waals surface area contributed by atoms with E-state index < -0.39 is 33.8 Å². The van der Waals surface area contributed by atoms with E-state index in [1.807, 2.05) is 0 Å². The third kappa shape index (κ3) is 5.39. The van der Waals surface area contributed by atoms with Gasteiger partial charge in [-0.05, 0) is 62.4 Å². The van der Waals surface area contributed by atoms with E-state index in [1.165, 1.54) is 15.9 Å². The first-order valence-electron chi connectivity index (χ1n) is 13.7. The lowest BCUT2D eigenvalue weighted by molar-refractivity contribution is -0.0363. The summed E-state index contributed by atoms with van der Waals surface area (Å²) in [5, 5.41) is 2.87. The minimum absolute atomic E-state index is 0.216. The standard InChI is InChI=1S/C29H29F2N7O3S/c1-32-24-11-7-8-18(33-24)16-19-17-22(35-21-9-3-4-10-23(21)37(2)42(39,40)20-13-14-20)26-28(34-19)38(29(36-26)27(30)31)25-12-5-6-15-41-25/h3-4,7-11,17,20,25,27H,5-6,12-16H2,2H3,(H,34,35). The van der Waals surface area contributed by atoms with Gasteiger partial charge in [0.2, 0.25) is 10.0 Å². The molecule has 3 aromatic heterocycles. The van der Waals surface area contributed by atoms with Crippen LogP contribution in [0.1, 0.15) is 62.0 Å². The van der Waals surface area contributed by atoms with Gasteiger partial charge in [-0.1, -0.05) is 24.8 Å². The summed E-state index contributed by atoms with van der Waals surface area (Å²) in [6.07, 6.45) is 0.158. The molecule has 1 aliphatic heterocycles. The third-order valence-electron chi connectivity index (χ3n) is 7.48. The number of imidazole rings is 1. The molecule has 2 aliphatic rings. The molecule has 1 aliphatic carbocycles. The Balaban J connectivity index is 1.49. The van der Waals surface area contributed by atoms with Gasteiger partial charge in [0, 0.05) is 13.7 Å². The number of nitrogens with one attached hydrogen (secondary N) is 1. The number of para-hydroxylation sites is 2. The van der Waals surface area contributed by atoms with Crippen LogP contribution in [0.2, 0.25) is 0 Å². The van der Waals surface area contributed by atoms with Crippen molar-refractivity contribution in [3.8, 4) is 0 Å². The van der Waals surface area contributed by atoms with Gasteiger partial charge in [0.15, 0.2) is 11.5 Å². The van der Waals surface area contributed by atoms with Gasteiger partial charge in [-0.15, -0.1) is 4.98 Å². The fraction of sp³-hybridized carbons (Fsp3) is 0.379. The Kier molecular flexibility index (Phi) is 7.51. The monoisotopic (exact) mass is 593 g/mol. The second kappa shape index (κ2) is 11.3. The molecule has 0 spiro atoms. The smallest absolute Gasteiger partial charge is 0.295 e. The highest BCUT2D eigenvalue weighted by atomic mass is 32.2. The number of rotatable bonds is 9. The third-order valence-corrected chi connectivity index (χ3v) is 9.75. The average molecular weight is 594 g/mol. The molecule has 1 atom stereocenters. The van der Waals surface area contributed by atoms with E-state index in [-0.39, 0.29) is 23.4 Å². The van der Waals surface area contributed by atoms with Gasteiger partial charge in [0.25, 0.3) is 12.2 Å². The number of sulfonamides is 1. The van der Waals surface area contributed by atoms with Crippen molar-refractivity contribution in [2.75, 3.05) is 23.3 Å². The second-order valence-corrected chi connectivity index (χ2v) is 12.7. The van der Waals surface area contributed by atoms with Gasteiger partial charge in [-0.25, -0.2) is 27.2 Å². The van der Waals surface area contributed by atoms with E-state index >= 15 is 0 Å². The quantitative estimate of drug-likeness (QED) is 0.228. The maximum absolute atomic E-state index is 14.4. The number of aromatic nitrogens is 4. The number of anilines is 3. The lowest BCUT2D eigenvalue weighted by Crippen LogP contribution is -2.30. The molecular formula is C29H29F2N7O3S.